The minimum atomic E-state index is 0.524. The van der Waals surface area contributed by atoms with Crippen LogP contribution >= 0.6 is 0 Å². The van der Waals surface area contributed by atoms with Gasteiger partial charge in [-0.05, 0) is 119 Å². The molecule has 0 saturated heterocycles. The highest BCUT2D eigenvalue weighted by atomic mass is 16.5. The maximum absolute atomic E-state index is 6.40. The molecule has 49 heavy (non-hydrogen) atoms. The molecule has 0 saturated carbocycles. The van der Waals surface area contributed by atoms with Crippen LogP contribution in [0.3, 0.4) is 0 Å². The molecule has 15 heterocycles. The number of rotatable bonds is 0. The van der Waals surface area contributed by atoms with Crippen molar-refractivity contribution in [1.29, 1.82) is 0 Å². The highest BCUT2D eigenvalue weighted by Gasteiger charge is 2.17. The lowest BCUT2D eigenvalue weighted by Crippen LogP contribution is -2.05. The first-order valence-electron chi connectivity index (χ1n) is 17.0. The molecule has 18 bridgehead atoms. The SMILES string of the molecule is c1cc2c3cc1COCc1ccc4c(c1)c1cc5ccc1n4-c1ccc(cc1)OCCCOc1ccc(cc1)-n2c1ccc(cc31)COC5. The Kier molecular flexibility index (Phi) is 6.71. The predicted octanol–water partition coefficient (Wildman–Crippen LogP) is 9.79. The maximum Gasteiger partial charge on any atom is 0.119 e. The number of benzene rings is 6. The van der Waals surface area contributed by atoms with Crippen LogP contribution in [0.1, 0.15) is 28.7 Å². The largest absolute Gasteiger partial charge is 0.493 e. The summed E-state index contributed by atoms with van der Waals surface area (Å²) in [4.78, 5) is 0. The summed E-state index contributed by atoms with van der Waals surface area (Å²) in [5.41, 5.74) is 11.4. The standard InChI is InChI=1S/C43H34N2O4/c1-18-48-34-10-6-32(7-11-34)44-40-14-2-28-20-36(40)37-21-30(3-15-41(37)44)26-47-27-31-5-17-43-39(23-31)38-22-29(25-46-24-28)4-16-42(38)45(43)33-8-12-35(13-9-33)49-19-1/h2-17,20-23H,1,18-19,24-27H2. The highest BCUT2D eigenvalue weighted by molar-refractivity contribution is 6.10. The average molecular weight is 643 g/mol. The molecule has 13 aliphatic heterocycles. The lowest BCUT2D eigenvalue weighted by atomic mass is 10.1. The van der Waals surface area contributed by atoms with Crippen molar-refractivity contribution in [2.75, 3.05) is 13.2 Å². The molecule has 240 valence electrons. The molecular weight excluding hydrogens is 608 g/mol. The summed E-state index contributed by atoms with van der Waals surface area (Å²) < 4.78 is 29.7. The quantitative estimate of drug-likeness (QED) is 0.165. The van der Waals surface area contributed by atoms with Gasteiger partial charge in [-0.25, -0.2) is 0 Å². The van der Waals surface area contributed by atoms with Crippen molar-refractivity contribution in [2.45, 2.75) is 32.8 Å². The second-order valence-electron chi connectivity index (χ2n) is 13.1. The molecule has 13 aliphatic rings. The van der Waals surface area contributed by atoms with Crippen molar-refractivity contribution in [3.05, 3.63) is 144 Å². The second kappa shape index (κ2) is 11.5. The summed E-state index contributed by atoms with van der Waals surface area (Å²) in [6.45, 7) is 3.25. The Labute approximate surface area is 283 Å². The van der Waals surface area contributed by atoms with Gasteiger partial charge in [0.25, 0.3) is 0 Å². The zero-order valence-corrected chi connectivity index (χ0v) is 27.0. The van der Waals surface area contributed by atoms with Gasteiger partial charge in [-0.1, -0.05) is 24.3 Å². The molecule has 0 atom stereocenters. The molecule has 6 aromatic carbocycles. The Bertz CT molecular complexity index is 2230. The van der Waals surface area contributed by atoms with Crippen LogP contribution in [0.15, 0.2) is 121 Å². The highest BCUT2D eigenvalue weighted by Crippen LogP contribution is 2.36. The predicted molar refractivity (Wildman–Crippen MR) is 194 cm³/mol. The molecule has 0 amide bonds. The van der Waals surface area contributed by atoms with Gasteiger partial charge in [-0.3, -0.25) is 0 Å². The van der Waals surface area contributed by atoms with Crippen LogP contribution in [0.2, 0.25) is 0 Å². The van der Waals surface area contributed by atoms with Crippen molar-refractivity contribution >= 4 is 43.6 Å². The summed E-state index contributed by atoms with van der Waals surface area (Å²) in [7, 11) is 0. The fraction of sp³-hybridized carbons (Fsp3) is 0.163. The summed E-state index contributed by atoms with van der Waals surface area (Å²) in [6.07, 6.45) is 0.784. The van der Waals surface area contributed by atoms with E-state index in [9.17, 15) is 0 Å². The molecule has 2 aromatic heterocycles. The van der Waals surface area contributed by atoms with E-state index in [4.69, 9.17) is 18.9 Å². The Morgan fingerprint density at radius 3 is 1.02 bits per heavy atom. The Balaban J connectivity index is 1.16. The molecule has 0 radical (unpaired) electrons. The third kappa shape index (κ3) is 4.95. The van der Waals surface area contributed by atoms with E-state index in [1.54, 1.807) is 0 Å². The van der Waals surface area contributed by atoms with E-state index < -0.39 is 0 Å². The van der Waals surface area contributed by atoms with Crippen LogP contribution in [0.5, 0.6) is 11.5 Å². The lowest BCUT2D eigenvalue weighted by molar-refractivity contribution is 0.107. The van der Waals surface area contributed by atoms with Gasteiger partial charge >= 0.3 is 0 Å². The Morgan fingerprint density at radius 1 is 0.367 bits per heavy atom. The van der Waals surface area contributed by atoms with Crippen molar-refractivity contribution in [1.82, 2.24) is 9.13 Å². The smallest absolute Gasteiger partial charge is 0.119 e. The minimum absolute atomic E-state index is 0.524. The van der Waals surface area contributed by atoms with Crippen molar-refractivity contribution in [3.8, 4) is 22.9 Å². The zero-order valence-electron chi connectivity index (χ0n) is 27.0. The van der Waals surface area contributed by atoms with Gasteiger partial charge in [0.2, 0.25) is 0 Å². The normalized spacial score (nSPS) is 14.9. The van der Waals surface area contributed by atoms with Gasteiger partial charge in [0.1, 0.15) is 11.5 Å². The summed E-state index contributed by atoms with van der Waals surface area (Å²) >= 11 is 0. The average Bonchev–Trinajstić information content (AvgIpc) is 3.63. The van der Waals surface area contributed by atoms with Gasteiger partial charge in [-0.15, -0.1) is 0 Å². The fourth-order valence-electron chi connectivity index (χ4n) is 7.55. The third-order valence-corrected chi connectivity index (χ3v) is 9.88. The van der Waals surface area contributed by atoms with E-state index in [1.807, 2.05) is 0 Å². The molecule has 21 rings (SSSR count). The van der Waals surface area contributed by atoms with E-state index >= 15 is 0 Å². The number of nitrogens with zero attached hydrogens (tertiary/aromatic N) is 2. The Morgan fingerprint density at radius 2 is 0.694 bits per heavy atom. The van der Waals surface area contributed by atoms with Crippen LogP contribution in [-0.2, 0) is 35.9 Å². The maximum atomic E-state index is 6.40. The van der Waals surface area contributed by atoms with Crippen LogP contribution < -0.4 is 9.47 Å². The van der Waals surface area contributed by atoms with Gasteiger partial charge in [-0.2, -0.15) is 0 Å². The van der Waals surface area contributed by atoms with E-state index in [1.165, 1.54) is 21.5 Å². The van der Waals surface area contributed by atoms with Gasteiger partial charge in [0.05, 0.1) is 61.7 Å². The van der Waals surface area contributed by atoms with E-state index in [-0.39, 0.29) is 0 Å². The van der Waals surface area contributed by atoms with Crippen molar-refractivity contribution in [2.24, 2.45) is 0 Å². The first-order chi connectivity index (χ1) is 24.2. The lowest BCUT2D eigenvalue weighted by Gasteiger charge is -2.12. The Hall–Kier alpha value is -5.56. The molecule has 8 aromatic rings. The van der Waals surface area contributed by atoms with Gasteiger partial charge < -0.3 is 28.1 Å². The number of ether oxygens (including phenoxy) is 4. The van der Waals surface area contributed by atoms with Gasteiger partial charge in [0.15, 0.2) is 0 Å². The first-order valence-corrected chi connectivity index (χ1v) is 17.0. The fourth-order valence-corrected chi connectivity index (χ4v) is 7.55. The first kappa shape index (κ1) is 28.5. The monoisotopic (exact) mass is 642 g/mol. The topological polar surface area (TPSA) is 46.8 Å². The van der Waals surface area contributed by atoms with Crippen LogP contribution in [-0.4, -0.2) is 22.3 Å². The van der Waals surface area contributed by atoms with Crippen molar-refractivity contribution in [3.63, 3.8) is 0 Å². The number of aromatic nitrogens is 2. The number of hydrogen-bond donors (Lipinski definition) is 0. The molecule has 6 heteroatoms. The second-order valence-corrected chi connectivity index (χ2v) is 13.1. The van der Waals surface area contributed by atoms with Crippen molar-refractivity contribution < 1.29 is 18.9 Å². The molecule has 0 unspecified atom stereocenters. The van der Waals surface area contributed by atoms with E-state index in [2.05, 4.69) is 130 Å². The molecule has 0 aliphatic carbocycles. The van der Waals surface area contributed by atoms with E-state index in [0.717, 1.165) is 73.6 Å². The summed E-state index contributed by atoms with van der Waals surface area (Å²) in [5, 5.41) is 4.80. The molecule has 6 nitrogen and oxygen atoms in total. The van der Waals surface area contributed by atoms with Crippen LogP contribution in [0.4, 0.5) is 0 Å². The van der Waals surface area contributed by atoms with E-state index in [0.29, 0.717) is 39.6 Å². The minimum Gasteiger partial charge on any atom is -0.493 e. The molecule has 0 fully saturated rings. The third-order valence-electron chi connectivity index (χ3n) is 9.88. The van der Waals surface area contributed by atoms with Crippen LogP contribution in [0.25, 0.3) is 55.0 Å². The molecular formula is C43H34N2O4. The van der Waals surface area contributed by atoms with Gasteiger partial charge in [0, 0.05) is 39.3 Å². The summed E-state index contributed by atoms with van der Waals surface area (Å²) in [6, 6.07) is 43.6. The van der Waals surface area contributed by atoms with Crippen LogP contribution in [0, 0.1) is 0 Å². The molecule has 0 spiro atoms. The zero-order chi connectivity index (χ0) is 32.3. The number of hydrogen-bond acceptors (Lipinski definition) is 4. The summed E-state index contributed by atoms with van der Waals surface area (Å²) in [5.74, 6) is 1.70. The molecule has 0 N–H and O–H groups in total.